The largest absolute Gasteiger partial charge is 0.330 e. The molecule has 2 unspecified atom stereocenters. The number of hydrogen-bond donors (Lipinski definition) is 1. The summed E-state index contributed by atoms with van der Waals surface area (Å²) in [7, 11) is 0. The average Bonchev–Trinajstić information content (AvgIpc) is 1.85. The molecular weight excluding hydrogens is 134 g/mol. The third kappa shape index (κ3) is 1.96. The standard InChI is InChI=1S/C10H21N/c1-7-4-8(2)10(6-11)9(3)5-7/h7-10H,4-6,11H2,1-3H3. The summed E-state index contributed by atoms with van der Waals surface area (Å²) in [6, 6.07) is 0. The maximum atomic E-state index is 5.73. The van der Waals surface area contributed by atoms with Gasteiger partial charge in [-0.25, -0.2) is 0 Å². The van der Waals surface area contributed by atoms with Gasteiger partial charge < -0.3 is 5.73 Å². The number of rotatable bonds is 1. The highest BCUT2D eigenvalue weighted by Crippen LogP contribution is 2.36. The van der Waals surface area contributed by atoms with Crippen LogP contribution in [0.3, 0.4) is 0 Å². The van der Waals surface area contributed by atoms with E-state index in [0.717, 1.165) is 30.2 Å². The Morgan fingerprint density at radius 3 is 1.91 bits per heavy atom. The smallest absolute Gasteiger partial charge is 0.00438 e. The van der Waals surface area contributed by atoms with E-state index in [2.05, 4.69) is 20.8 Å². The van der Waals surface area contributed by atoms with E-state index in [-0.39, 0.29) is 0 Å². The second kappa shape index (κ2) is 3.57. The van der Waals surface area contributed by atoms with Crippen LogP contribution < -0.4 is 5.73 Å². The maximum Gasteiger partial charge on any atom is -0.00438 e. The van der Waals surface area contributed by atoms with E-state index in [0.29, 0.717) is 0 Å². The Kier molecular flexibility index (Phi) is 2.94. The van der Waals surface area contributed by atoms with Crippen LogP contribution in [-0.4, -0.2) is 6.54 Å². The first-order valence-electron chi connectivity index (χ1n) is 4.85. The summed E-state index contributed by atoms with van der Waals surface area (Å²) in [5.74, 6) is 3.39. The summed E-state index contributed by atoms with van der Waals surface area (Å²) in [6.07, 6.45) is 2.76. The first kappa shape index (κ1) is 9.05. The molecule has 1 saturated carbocycles. The molecule has 1 aliphatic carbocycles. The van der Waals surface area contributed by atoms with Gasteiger partial charge in [0, 0.05) is 0 Å². The maximum absolute atomic E-state index is 5.73. The lowest BCUT2D eigenvalue weighted by molar-refractivity contribution is 0.142. The average molecular weight is 155 g/mol. The molecule has 0 saturated heterocycles. The molecule has 1 heteroatoms. The minimum Gasteiger partial charge on any atom is -0.330 e. The van der Waals surface area contributed by atoms with Gasteiger partial charge in [-0.05, 0) is 43.1 Å². The lowest BCUT2D eigenvalue weighted by Crippen LogP contribution is -2.34. The fourth-order valence-electron chi connectivity index (χ4n) is 2.74. The minimum atomic E-state index is 0.784. The molecule has 1 rings (SSSR count). The van der Waals surface area contributed by atoms with Gasteiger partial charge in [0.1, 0.15) is 0 Å². The van der Waals surface area contributed by atoms with E-state index in [1.807, 2.05) is 0 Å². The quantitative estimate of drug-likeness (QED) is 0.617. The molecule has 1 nitrogen and oxygen atoms in total. The second-order valence-corrected chi connectivity index (χ2v) is 4.43. The van der Waals surface area contributed by atoms with E-state index in [1.54, 1.807) is 0 Å². The zero-order chi connectivity index (χ0) is 8.43. The van der Waals surface area contributed by atoms with E-state index < -0.39 is 0 Å². The molecule has 1 aliphatic rings. The van der Waals surface area contributed by atoms with Crippen molar-refractivity contribution in [2.45, 2.75) is 33.6 Å². The van der Waals surface area contributed by atoms with Crippen LogP contribution in [0.5, 0.6) is 0 Å². The molecule has 2 N–H and O–H groups in total. The normalized spacial score (nSPS) is 45.8. The molecule has 0 amide bonds. The van der Waals surface area contributed by atoms with Gasteiger partial charge in [0.15, 0.2) is 0 Å². The third-order valence-electron chi connectivity index (χ3n) is 3.28. The summed E-state index contributed by atoms with van der Waals surface area (Å²) in [5, 5.41) is 0. The predicted octanol–water partition coefficient (Wildman–Crippen LogP) is 2.26. The van der Waals surface area contributed by atoms with Gasteiger partial charge in [-0.1, -0.05) is 20.8 Å². The Morgan fingerprint density at radius 2 is 1.55 bits per heavy atom. The van der Waals surface area contributed by atoms with Crippen LogP contribution in [0, 0.1) is 23.7 Å². The summed E-state index contributed by atoms with van der Waals surface area (Å²) in [6.45, 7) is 7.95. The Bertz CT molecular complexity index is 110. The van der Waals surface area contributed by atoms with Gasteiger partial charge in [-0.3, -0.25) is 0 Å². The van der Waals surface area contributed by atoms with Crippen molar-refractivity contribution in [2.24, 2.45) is 29.4 Å². The highest BCUT2D eigenvalue weighted by Gasteiger charge is 2.29. The first-order valence-corrected chi connectivity index (χ1v) is 4.85. The van der Waals surface area contributed by atoms with Gasteiger partial charge in [-0.2, -0.15) is 0 Å². The Labute approximate surface area is 70.4 Å². The minimum absolute atomic E-state index is 0.784. The fourth-order valence-corrected chi connectivity index (χ4v) is 2.74. The zero-order valence-electron chi connectivity index (χ0n) is 8.01. The summed E-state index contributed by atoms with van der Waals surface area (Å²) >= 11 is 0. The van der Waals surface area contributed by atoms with E-state index in [4.69, 9.17) is 5.73 Å². The van der Waals surface area contributed by atoms with Gasteiger partial charge in [0.2, 0.25) is 0 Å². The molecule has 1 fully saturated rings. The molecule has 0 spiro atoms. The summed E-state index contributed by atoms with van der Waals surface area (Å²) in [4.78, 5) is 0. The van der Waals surface area contributed by atoms with Crippen molar-refractivity contribution in [3.05, 3.63) is 0 Å². The first-order chi connectivity index (χ1) is 5.15. The lowest BCUT2D eigenvalue weighted by atomic mass is 9.70. The molecule has 11 heavy (non-hydrogen) atoms. The summed E-state index contributed by atoms with van der Waals surface area (Å²) < 4.78 is 0. The summed E-state index contributed by atoms with van der Waals surface area (Å²) in [5.41, 5.74) is 5.73. The van der Waals surface area contributed by atoms with Crippen molar-refractivity contribution < 1.29 is 0 Å². The molecule has 66 valence electrons. The highest BCUT2D eigenvalue weighted by atomic mass is 14.6. The van der Waals surface area contributed by atoms with Crippen molar-refractivity contribution in [2.75, 3.05) is 6.54 Å². The van der Waals surface area contributed by atoms with Crippen molar-refractivity contribution >= 4 is 0 Å². The molecule has 0 radical (unpaired) electrons. The van der Waals surface area contributed by atoms with Crippen LogP contribution in [-0.2, 0) is 0 Å². The van der Waals surface area contributed by atoms with Crippen molar-refractivity contribution in [1.82, 2.24) is 0 Å². The van der Waals surface area contributed by atoms with Crippen molar-refractivity contribution in [3.63, 3.8) is 0 Å². The van der Waals surface area contributed by atoms with Gasteiger partial charge in [0.25, 0.3) is 0 Å². The third-order valence-corrected chi connectivity index (χ3v) is 3.28. The fraction of sp³-hybridized carbons (Fsp3) is 1.00. The van der Waals surface area contributed by atoms with Crippen LogP contribution in [0.2, 0.25) is 0 Å². The van der Waals surface area contributed by atoms with Crippen LogP contribution in [0.4, 0.5) is 0 Å². The number of nitrogens with two attached hydrogens (primary N) is 1. The zero-order valence-corrected chi connectivity index (χ0v) is 8.01. The van der Waals surface area contributed by atoms with E-state index in [9.17, 15) is 0 Å². The van der Waals surface area contributed by atoms with E-state index in [1.165, 1.54) is 12.8 Å². The molecule has 0 aliphatic heterocycles. The molecule has 0 aromatic heterocycles. The highest BCUT2D eigenvalue weighted by molar-refractivity contribution is 4.80. The van der Waals surface area contributed by atoms with Crippen LogP contribution in [0.1, 0.15) is 33.6 Å². The van der Waals surface area contributed by atoms with Crippen LogP contribution in [0.15, 0.2) is 0 Å². The van der Waals surface area contributed by atoms with Gasteiger partial charge >= 0.3 is 0 Å². The topological polar surface area (TPSA) is 26.0 Å². The van der Waals surface area contributed by atoms with Crippen molar-refractivity contribution in [1.29, 1.82) is 0 Å². The Morgan fingerprint density at radius 1 is 1.09 bits per heavy atom. The monoisotopic (exact) mass is 155 g/mol. The van der Waals surface area contributed by atoms with Gasteiger partial charge in [0.05, 0.1) is 0 Å². The number of hydrogen-bond acceptors (Lipinski definition) is 1. The van der Waals surface area contributed by atoms with Crippen LogP contribution in [0.25, 0.3) is 0 Å². The lowest BCUT2D eigenvalue weighted by Gasteiger charge is -2.37. The molecule has 0 bridgehead atoms. The second-order valence-electron chi connectivity index (χ2n) is 4.43. The molecular formula is C10H21N. The Hall–Kier alpha value is -0.0400. The van der Waals surface area contributed by atoms with Crippen molar-refractivity contribution in [3.8, 4) is 0 Å². The molecule has 0 aromatic carbocycles. The Balaban J connectivity index is 2.52. The predicted molar refractivity (Wildman–Crippen MR) is 49.3 cm³/mol. The van der Waals surface area contributed by atoms with E-state index >= 15 is 0 Å². The molecule has 0 heterocycles. The molecule has 0 aromatic rings. The van der Waals surface area contributed by atoms with Gasteiger partial charge in [-0.15, -0.1) is 0 Å². The molecule has 2 atom stereocenters. The SMILES string of the molecule is CC1CC(C)C(CN)C(C)C1. The van der Waals surface area contributed by atoms with Crippen LogP contribution >= 0.6 is 0 Å².